The second-order valence-corrected chi connectivity index (χ2v) is 4.40. The van der Waals surface area contributed by atoms with Gasteiger partial charge in [-0.2, -0.15) is 0 Å². The van der Waals surface area contributed by atoms with E-state index in [1.165, 1.54) is 13.3 Å². The van der Waals surface area contributed by atoms with Crippen LogP contribution in [0, 0.1) is 0 Å². The summed E-state index contributed by atoms with van der Waals surface area (Å²) < 4.78 is 4.85. The van der Waals surface area contributed by atoms with E-state index in [0.717, 1.165) is 0 Å². The maximum absolute atomic E-state index is 12.2. The zero-order valence-electron chi connectivity index (χ0n) is 12.5. The van der Waals surface area contributed by atoms with Crippen molar-refractivity contribution in [1.82, 2.24) is 9.88 Å². The van der Waals surface area contributed by atoms with Gasteiger partial charge in [-0.1, -0.05) is 0 Å². The van der Waals surface area contributed by atoms with Crippen LogP contribution in [0.25, 0.3) is 0 Å². The summed E-state index contributed by atoms with van der Waals surface area (Å²) in [5.41, 5.74) is 0.801. The maximum atomic E-state index is 12.2. The third kappa shape index (κ3) is 4.71. The van der Waals surface area contributed by atoms with Gasteiger partial charge in [0.2, 0.25) is 0 Å². The Morgan fingerprint density at radius 1 is 1.43 bits per heavy atom. The number of hydrogen-bond donors (Lipinski definition) is 2. The fourth-order valence-electron chi connectivity index (χ4n) is 1.85. The topological polar surface area (TPSA) is 91.8 Å². The Hall–Kier alpha value is -2.15. The molecule has 1 heterocycles. The SMILES string of the molecule is CCN(CC)C(=O)c1cc(NC(COC)C(=O)O)ccn1. The molecule has 1 aromatic heterocycles. The summed E-state index contributed by atoms with van der Waals surface area (Å²) >= 11 is 0. The van der Waals surface area contributed by atoms with Crippen molar-refractivity contribution in [2.45, 2.75) is 19.9 Å². The van der Waals surface area contributed by atoms with Crippen LogP contribution >= 0.6 is 0 Å². The van der Waals surface area contributed by atoms with Crippen LogP contribution in [0.3, 0.4) is 0 Å². The minimum absolute atomic E-state index is 0.0248. The van der Waals surface area contributed by atoms with Crippen molar-refractivity contribution >= 4 is 17.6 Å². The Balaban J connectivity index is 2.89. The highest BCUT2D eigenvalue weighted by atomic mass is 16.5. The third-order valence-corrected chi connectivity index (χ3v) is 3.00. The molecular weight excluding hydrogens is 274 g/mol. The first-order valence-electron chi connectivity index (χ1n) is 6.77. The highest BCUT2D eigenvalue weighted by Crippen LogP contribution is 2.12. The first kappa shape index (κ1) is 16.9. The number of methoxy groups -OCH3 is 1. The molecule has 116 valence electrons. The largest absolute Gasteiger partial charge is 0.480 e. The fraction of sp³-hybridized carbons (Fsp3) is 0.500. The molecular formula is C14H21N3O4. The van der Waals surface area contributed by atoms with Crippen LogP contribution in [0.15, 0.2) is 18.3 Å². The van der Waals surface area contributed by atoms with Gasteiger partial charge in [-0.25, -0.2) is 4.79 Å². The molecule has 0 aromatic carbocycles. The van der Waals surface area contributed by atoms with Crippen LogP contribution in [-0.4, -0.2) is 59.7 Å². The summed E-state index contributed by atoms with van der Waals surface area (Å²) in [6, 6.07) is 2.28. The highest BCUT2D eigenvalue weighted by Gasteiger charge is 2.18. The first-order valence-corrected chi connectivity index (χ1v) is 6.77. The molecule has 1 amide bonds. The van der Waals surface area contributed by atoms with Crippen molar-refractivity contribution in [2.75, 3.05) is 32.1 Å². The molecule has 1 aromatic rings. The van der Waals surface area contributed by atoms with Crippen LogP contribution in [-0.2, 0) is 9.53 Å². The van der Waals surface area contributed by atoms with E-state index in [9.17, 15) is 9.59 Å². The van der Waals surface area contributed by atoms with Gasteiger partial charge in [-0.05, 0) is 26.0 Å². The van der Waals surface area contributed by atoms with Gasteiger partial charge in [0.05, 0.1) is 6.61 Å². The summed E-state index contributed by atoms with van der Waals surface area (Å²) in [7, 11) is 1.43. The Kier molecular flexibility index (Phi) is 6.61. The molecule has 0 spiro atoms. The van der Waals surface area contributed by atoms with Gasteiger partial charge in [0.1, 0.15) is 11.7 Å². The number of hydrogen-bond acceptors (Lipinski definition) is 5. The molecule has 0 saturated carbocycles. The van der Waals surface area contributed by atoms with Crippen molar-refractivity contribution in [3.8, 4) is 0 Å². The van der Waals surface area contributed by atoms with Crippen LogP contribution in [0.2, 0.25) is 0 Å². The number of aromatic nitrogens is 1. The van der Waals surface area contributed by atoms with Crippen LogP contribution in [0.4, 0.5) is 5.69 Å². The number of ether oxygens (including phenoxy) is 1. The van der Waals surface area contributed by atoms with Crippen molar-refractivity contribution in [2.24, 2.45) is 0 Å². The minimum atomic E-state index is -1.02. The standard InChI is InChI=1S/C14H21N3O4/c1-4-17(5-2)13(18)11-8-10(6-7-15-11)16-12(9-21-3)14(19)20/h6-8,12H,4-5,9H2,1-3H3,(H,15,16)(H,19,20). The number of aliphatic carboxylic acids is 1. The van der Waals surface area contributed by atoms with Crippen LogP contribution < -0.4 is 5.32 Å². The van der Waals surface area contributed by atoms with Crippen LogP contribution in [0.5, 0.6) is 0 Å². The van der Waals surface area contributed by atoms with Gasteiger partial charge in [0.25, 0.3) is 5.91 Å². The van der Waals surface area contributed by atoms with E-state index in [2.05, 4.69) is 10.3 Å². The van der Waals surface area contributed by atoms with Gasteiger partial charge < -0.3 is 20.1 Å². The smallest absolute Gasteiger partial charge is 0.328 e. The first-order chi connectivity index (χ1) is 10.0. The minimum Gasteiger partial charge on any atom is -0.480 e. The molecule has 1 unspecified atom stereocenters. The number of pyridine rings is 1. The lowest BCUT2D eigenvalue weighted by molar-refractivity contribution is -0.139. The van der Waals surface area contributed by atoms with E-state index >= 15 is 0 Å². The summed E-state index contributed by atoms with van der Waals surface area (Å²) in [5, 5.41) is 11.9. The number of nitrogens with one attached hydrogen (secondary N) is 1. The second-order valence-electron chi connectivity index (χ2n) is 4.40. The Labute approximate surface area is 123 Å². The molecule has 0 radical (unpaired) electrons. The molecule has 7 nitrogen and oxygen atoms in total. The van der Waals surface area contributed by atoms with E-state index in [4.69, 9.17) is 9.84 Å². The van der Waals surface area contributed by atoms with E-state index in [1.807, 2.05) is 13.8 Å². The Morgan fingerprint density at radius 3 is 2.62 bits per heavy atom. The van der Waals surface area contributed by atoms with Crippen molar-refractivity contribution < 1.29 is 19.4 Å². The van der Waals surface area contributed by atoms with Crippen molar-refractivity contribution in [3.05, 3.63) is 24.0 Å². The zero-order chi connectivity index (χ0) is 15.8. The lowest BCUT2D eigenvalue weighted by atomic mass is 10.2. The van der Waals surface area contributed by atoms with Gasteiger partial charge in [0.15, 0.2) is 0 Å². The number of carboxylic acids is 1. The maximum Gasteiger partial charge on any atom is 0.328 e. The normalized spacial score (nSPS) is 11.8. The van der Waals surface area contributed by atoms with E-state index in [0.29, 0.717) is 18.8 Å². The van der Waals surface area contributed by atoms with Crippen molar-refractivity contribution in [1.29, 1.82) is 0 Å². The van der Waals surface area contributed by atoms with Gasteiger partial charge in [0, 0.05) is 32.1 Å². The average Bonchev–Trinajstić information content (AvgIpc) is 2.48. The monoisotopic (exact) mass is 295 g/mol. The molecule has 7 heteroatoms. The lowest BCUT2D eigenvalue weighted by Gasteiger charge is -2.19. The van der Waals surface area contributed by atoms with E-state index in [1.54, 1.807) is 17.0 Å². The van der Waals surface area contributed by atoms with Crippen molar-refractivity contribution in [3.63, 3.8) is 0 Å². The molecule has 0 aliphatic heterocycles. The summed E-state index contributed by atoms with van der Waals surface area (Å²) in [4.78, 5) is 29.0. The predicted molar refractivity (Wildman–Crippen MR) is 78.4 cm³/mol. The molecule has 0 aliphatic carbocycles. The average molecular weight is 295 g/mol. The number of carboxylic acid groups (broad SMARTS) is 1. The molecule has 1 atom stereocenters. The quantitative estimate of drug-likeness (QED) is 0.745. The number of carbonyl (C=O) groups is 2. The number of amides is 1. The molecule has 0 saturated heterocycles. The summed E-state index contributed by atoms with van der Waals surface area (Å²) in [6.07, 6.45) is 1.48. The number of rotatable bonds is 8. The van der Waals surface area contributed by atoms with Gasteiger partial charge in [-0.3, -0.25) is 9.78 Å². The zero-order valence-corrected chi connectivity index (χ0v) is 12.5. The third-order valence-electron chi connectivity index (χ3n) is 3.00. The Morgan fingerprint density at radius 2 is 2.10 bits per heavy atom. The summed E-state index contributed by atoms with van der Waals surface area (Å²) in [5.74, 6) is -1.20. The molecule has 0 bridgehead atoms. The van der Waals surface area contributed by atoms with Crippen LogP contribution in [0.1, 0.15) is 24.3 Å². The fourth-order valence-corrected chi connectivity index (χ4v) is 1.85. The highest BCUT2D eigenvalue weighted by molar-refractivity contribution is 5.93. The second kappa shape index (κ2) is 8.21. The Bertz CT molecular complexity index is 489. The number of nitrogens with zero attached hydrogens (tertiary/aromatic N) is 2. The lowest BCUT2D eigenvalue weighted by Crippen LogP contribution is -2.34. The molecule has 21 heavy (non-hydrogen) atoms. The predicted octanol–water partition coefficient (Wildman–Crippen LogP) is 1.08. The van der Waals surface area contributed by atoms with E-state index < -0.39 is 12.0 Å². The van der Waals surface area contributed by atoms with Gasteiger partial charge >= 0.3 is 5.97 Å². The molecule has 1 rings (SSSR count). The molecule has 2 N–H and O–H groups in total. The number of anilines is 1. The van der Waals surface area contributed by atoms with Gasteiger partial charge in [-0.15, -0.1) is 0 Å². The van der Waals surface area contributed by atoms with E-state index in [-0.39, 0.29) is 18.2 Å². The molecule has 0 aliphatic rings. The number of carbonyl (C=O) groups excluding carboxylic acids is 1. The summed E-state index contributed by atoms with van der Waals surface area (Å²) in [6.45, 7) is 4.99. The molecule has 0 fully saturated rings.